The van der Waals surface area contributed by atoms with Crippen LogP contribution in [0.3, 0.4) is 0 Å². The number of rotatable bonds is 4. The van der Waals surface area contributed by atoms with Gasteiger partial charge in [-0.3, -0.25) is 4.79 Å². The van der Waals surface area contributed by atoms with Crippen LogP contribution in [0.2, 0.25) is 0 Å². The van der Waals surface area contributed by atoms with Crippen molar-refractivity contribution >= 4 is 17.6 Å². The largest absolute Gasteiger partial charge is 0.487 e. The number of hydrogen-bond acceptors (Lipinski definition) is 3. The molecule has 6 heteroatoms. The van der Waals surface area contributed by atoms with E-state index in [1.54, 1.807) is 17.5 Å². The highest BCUT2D eigenvalue weighted by atomic mass is 32.1. The lowest BCUT2D eigenvalue weighted by Gasteiger charge is -2.09. The minimum atomic E-state index is -4.37. The molecule has 0 N–H and O–H groups in total. The van der Waals surface area contributed by atoms with Gasteiger partial charge in [0.05, 0.1) is 5.56 Å². The number of thiophene rings is 1. The number of alkyl halides is 3. The van der Waals surface area contributed by atoms with Gasteiger partial charge in [-0.2, -0.15) is 13.2 Å². The Bertz CT molecular complexity index is 575. The molecule has 0 aliphatic heterocycles. The Morgan fingerprint density at radius 2 is 2.05 bits per heavy atom. The quantitative estimate of drug-likeness (QED) is 0.789. The molecule has 0 fully saturated rings. The SMILES string of the molecule is O=Cc1sccc1OCc1cccc(C(F)(F)F)c1. The zero-order chi connectivity index (χ0) is 13.9. The van der Waals surface area contributed by atoms with Crippen molar-refractivity contribution in [3.63, 3.8) is 0 Å². The van der Waals surface area contributed by atoms with E-state index < -0.39 is 11.7 Å². The van der Waals surface area contributed by atoms with Crippen LogP contribution in [0.4, 0.5) is 13.2 Å². The Kier molecular flexibility index (Phi) is 3.90. The second-order valence-electron chi connectivity index (χ2n) is 3.75. The summed E-state index contributed by atoms with van der Waals surface area (Å²) in [6.07, 6.45) is -3.71. The van der Waals surface area contributed by atoms with E-state index in [9.17, 15) is 18.0 Å². The van der Waals surface area contributed by atoms with E-state index in [0.29, 0.717) is 22.5 Å². The summed E-state index contributed by atoms with van der Waals surface area (Å²) in [5.74, 6) is 0.386. The van der Waals surface area contributed by atoms with Crippen LogP contribution in [0, 0.1) is 0 Å². The van der Waals surface area contributed by atoms with Crippen LogP contribution in [-0.2, 0) is 12.8 Å². The second-order valence-corrected chi connectivity index (χ2v) is 4.70. The molecule has 0 bridgehead atoms. The number of carbonyl (C=O) groups excluding carboxylic acids is 1. The van der Waals surface area contributed by atoms with Gasteiger partial charge in [0.1, 0.15) is 17.2 Å². The van der Waals surface area contributed by atoms with Gasteiger partial charge in [0, 0.05) is 0 Å². The first kappa shape index (κ1) is 13.6. The van der Waals surface area contributed by atoms with Crippen LogP contribution in [-0.4, -0.2) is 6.29 Å². The van der Waals surface area contributed by atoms with E-state index in [2.05, 4.69) is 0 Å². The van der Waals surface area contributed by atoms with Crippen molar-refractivity contribution in [2.75, 3.05) is 0 Å². The fourth-order valence-corrected chi connectivity index (χ4v) is 2.15. The molecule has 1 aromatic carbocycles. The van der Waals surface area contributed by atoms with E-state index in [1.807, 2.05) is 0 Å². The lowest BCUT2D eigenvalue weighted by atomic mass is 10.1. The van der Waals surface area contributed by atoms with E-state index >= 15 is 0 Å². The molecule has 0 amide bonds. The molecule has 0 radical (unpaired) electrons. The molecule has 0 saturated carbocycles. The van der Waals surface area contributed by atoms with Crippen molar-refractivity contribution in [2.24, 2.45) is 0 Å². The average Bonchev–Trinajstić information content (AvgIpc) is 2.83. The molecule has 100 valence electrons. The highest BCUT2D eigenvalue weighted by Gasteiger charge is 2.30. The molecular formula is C13H9F3O2S. The molecular weight excluding hydrogens is 277 g/mol. The maximum atomic E-state index is 12.5. The van der Waals surface area contributed by atoms with Crippen LogP contribution in [0.1, 0.15) is 20.8 Å². The van der Waals surface area contributed by atoms with Gasteiger partial charge in [-0.15, -0.1) is 11.3 Å². The maximum Gasteiger partial charge on any atom is 0.416 e. The Labute approximate surface area is 111 Å². The monoisotopic (exact) mass is 286 g/mol. The third-order valence-electron chi connectivity index (χ3n) is 2.41. The summed E-state index contributed by atoms with van der Waals surface area (Å²) in [5, 5.41) is 1.69. The molecule has 0 saturated heterocycles. The van der Waals surface area contributed by atoms with Gasteiger partial charge >= 0.3 is 6.18 Å². The summed E-state index contributed by atoms with van der Waals surface area (Å²) in [7, 11) is 0. The minimum Gasteiger partial charge on any atom is -0.487 e. The van der Waals surface area contributed by atoms with Gasteiger partial charge in [0.25, 0.3) is 0 Å². The lowest BCUT2D eigenvalue weighted by Crippen LogP contribution is -2.06. The van der Waals surface area contributed by atoms with Crippen LogP contribution < -0.4 is 4.74 Å². The highest BCUT2D eigenvalue weighted by molar-refractivity contribution is 7.12. The van der Waals surface area contributed by atoms with Crippen LogP contribution in [0.15, 0.2) is 35.7 Å². The topological polar surface area (TPSA) is 26.3 Å². The van der Waals surface area contributed by atoms with E-state index in [1.165, 1.54) is 17.4 Å². The second kappa shape index (κ2) is 5.44. The van der Waals surface area contributed by atoms with Gasteiger partial charge in [0.2, 0.25) is 0 Å². The molecule has 0 spiro atoms. The van der Waals surface area contributed by atoms with Crippen molar-refractivity contribution in [1.29, 1.82) is 0 Å². The normalized spacial score (nSPS) is 11.3. The lowest BCUT2D eigenvalue weighted by molar-refractivity contribution is -0.137. The number of carbonyl (C=O) groups is 1. The predicted octanol–water partition coefficient (Wildman–Crippen LogP) is 4.16. The molecule has 1 heterocycles. The average molecular weight is 286 g/mol. The fraction of sp³-hybridized carbons (Fsp3) is 0.154. The minimum absolute atomic E-state index is 0.0124. The zero-order valence-corrected chi connectivity index (χ0v) is 10.4. The van der Waals surface area contributed by atoms with Crippen molar-refractivity contribution in [3.05, 3.63) is 51.7 Å². The molecule has 2 aromatic rings. The van der Waals surface area contributed by atoms with Crippen molar-refractivity contribution < 1.29 is 22.7 Å². The van der Waals surface area contributed by atoms with Gasteiger partial charge in [-0.1, -0.05) is 12.1 Å². The summed E-state index contributed by atoms with van der Waals surface area (Å²) in [4.78, 5) is 11.1. The fourth-order valence-electron chi connectivity index (χ4n) is 1.51. The maximum absolute atomic E-state index is 12.5. The van der Waals surface area contributed by atoms with Gasteiger partial charge in [-0.25, -0.2) is 0 Å². The Morgan fingerprint density at radius 1 is 1.26 bits per heavy atom. The predicted molar refractivity (Wildman–Crippen MR) is 65.5 cm³/mol. The summed E-state index contributed by atoms with van der Waals surface area (Å²) in [6, 6.07) is 6.53. The van der Waals surface area contributed by atoms with Crippen LogP contribution in [0.25, 0.3) is 0 Å². The standard InChI is InChI=1S/C13H9F3O2S/c14-13(15,16)10-3-1-2-9(6-10)8-18-11-4-5-19-12(11)7-17/h1-7H,8H2. The number of ether oxygens (including phenoxy) is 1. The third-order valence-corrected chi connectivity index (χ3v) is 3.24. The molecule has 2 nitrogen and oxygen atoms in total. The Hall–Kier alpha value is -1.82. The van der Waals surface area contributed by atoms with Crippen LogP contribution in [0.5, 0.6) is 5.75 Å². The zero-order valence-electron chi connectivity index (χ0n) is 9.61. The number of halogens is 3. The molecule has 2 rings (SSSR count). The van der Waals surface area contributed by atoms with Gasteiger partial charge in [-0.05, 0) is 29.1 Å². The third kappa shape index (κ3) is 3.35. The van der Waals surface area contributed by atoms with E-state index in [-0.39, 0.29) is 6.61 Å². The molecule has 0 aliphatic rings. The Balaban J connectivity index is 2.10. The smallest absolute Gasteiger partial charge is 0.416 e. The molecule has 1 aromatic heterocycles. The molecule has 0 unspecified atom stereocenters. The molecule has 19 heavy (non-hydrogen) atoms. The number of hydrogen-bond donors (Lipinski definition) is 0. The van der Waals surface area contributed by atoms with Crippen molar-refractivity contribution in [2.45, 2.75) is 12.8 Å². The first-order valence-electron chi connectivity index (χ1n) is 5.32. The van der Waals surface area contributed by atoms with E-state index in [0.717, 1.165) is 12.1 Å². The number of aldehydes is 1. The summed E-state index contributed by atoms with van der Waals surface area (Å²) in [6.45, 7) is -0.0124. The Morgan fingerprint density at radius 3 is 2.74 bits per heavy atom. The van der Waals surface area contributed by atoms with Gasteiger partial charge in [0.15, 0.2) is 6.29 Å². The summed E-state index contributed by atoms with van der Waals surface area (Å²) in [5.41, 5.74) is -0.313. The summed E-state index contributed by atoms with van der Waals surface area (Å²) < 4.78 is 42.9. The number of benzene rings is 1. The first-order valence-corrected chi connectivity index (χ1v) is 6.20. The first-order chi connectivity index (χ1) is 9.00. The molecule has 0 aliphatic carbocycles. The van der Waals surface area contributed by atoms with Crippen molar-refractivity contribution in [1.82, 2.24) is 0 Å². The van der Waals surface area contributed by atoms with Crippen LogP contribution >= 0.6 is 11.3 Å². The van der Waals surface area contributed by atoms with Crippen molar-refractivity contribution in [3.8, 4) is 5.75 Å². The highest BCUT2D eigenvalue weighted by Crippen LogP contribution is 2.30. The van der Waals surface area contributed by atoms with Gasteiger partial charge < -0.3 is 4.74 Å². The summed E-state index contributed by atoms with van der Waals surface area (Å²) >= 11 is 1.22. The molecule has 0 atom stereocenters. The van der Waals surface area contributed by atoms with E-state index in [4.69, 9.17) is 4.74 Å².